The molecule has 0 spiro atoms. The summed E-state index contributed by atoms with van der Waals surface area (Å²) in [6.07, 6.45) is 0. The summed E-state index contributed by atoms with van der Waals surface area (Å²) in [6.45, 7) is 0.719. The SMILES string of the molecule is c1ccc2c(c1)[N]NCN2. The quantitative estimate of drug-likeness (QED) is 0.551. The molecule has 1 radical (unpaired) electrons. The van der Waals surface area contributed by atoms with Gasteiger partial charge in [0, 0.05) is 0 Å². The van der Waals surface area contributed by atoms with Gasteiger partial charge in [-0.15, -0.1) is 0 Å². The van der Waals surface area contributed by atoms with Crippen molar-refractivity contribution in [3.63, 3.8) is 0 Å². The summed E-state index contributed by atoms with van der Waals surface area (Å²) >= 11 is 0. The monoisotopic (exact) mass is 134 g/mol. The molecule has 2 N–H and O–H groups in total. The Morgan fingerprint density at radius 1 is 1.30 bits per heavy atom. The molecular weight excluding hydrogens is 126 g/mol. The molecule has 0 atom stereocenters. The molecule has 0 saturated carbocycles. The van der Waals surface area contributed by atoms with E-state index in [0.29, 0.717) is 0 Å². The van der Waals surface area contributed by atoms with Crippen LogP contribution in [0.4, 0.5) is 11.4 Å². The summed E-state index contributed by atoms with van der Waals surface area (Å²) in [5.41, 5.74) is 9.01. The van der Waals surface area contributed by atoms with Crippen molar-refractivity contribution in [2.45, 2.75) is 0 Å². The fourth-order valence-electron chi connectivity index (χ4n) is 0.980. The van der Waals surface area contributed by atoms with Gasteiger partial charge in [-0.05, 0) is 12.1 Å². The summed E-state index contributed by atoms with van der Waals surface area (Å²) in [5, 5.41) is 3.16. The maximum absolute atomic E-state index is 4.08. The van der Waals surface area contributed by atoms with Gasteiger partial charge in [0.05, 0.1) is 12.4 Å². The van der Waals surface area contributed by atoms with Crippen molar-refractivity contribution < 1.29 is 0 Å². The smallest absolute Gasteiger partial charge is 0.101 e. The fourth-order valence-corrected chi connectivity index (χ4v) is 0.980. The van der Waals surface area contributed by atoms with E-state index in [1.165, 1.54) is 0 Å². The summed E-state index contributed by atoms with van der Waals surface area (Å²) in [4.78, 5) is 0. The summed E-state index contributed by atoms with van der Waals surface area (Å²) in [5.74, 6) is 0. The van der Waals surface area contributed by atoms with Crippen molar-refractivity contribution >= 4 is 11.4 Å². The number of hydrogen-bond acceptors (Lipinski definition) is 2. The van der Waals surface area contributed by atoms with E-state index < -0.39 is 0 Å². The Labute approximate surface area is 59.4 Å². The van der Waals surface area contributed by atoms with E-state index in [1.54, 1.807) is 0 Å². The van der Waals surface area contributed by atoms with Crippen LogP contribution in [-0.4, -0.2) is 6.67 Å². The Hall–Kier alpha value is -1.22. The molecule has 0 fully saturated rings. The highest BCUT2D eigenvalue weighted by Gasteiger charge is 2.05. The van der Waals surface area contributed by atoms with Gasteiger partial charge in [0.2, 0.25) is 0 Å². The van der Waals surface area contributed by atoms with Gasteiger partial charge in [0.1, 0.15) is 5.69 Å². The van der Waals surface area contributed by atoms with Crippen LogP contribution in [0.1, 0.15) is 0 Å². The van der Waals surface area contributed by atoms with Crippen molar-refractivity contribution in [2.75, 3.05) is 12.0 Å². The van der Waals surface area contributed by atoms with Crippen LogP contribution in [0.3, 0.4) is 0 Å². The van der Waals surface area contributed by atoms with Crippen LogP contribution in [0.25, 0.3) is 0 Å². The Morgan fingerprint density at radius 3 is 3.10 bits per heavy atom. The second kappa shape index (κ2) is 2.19. The first-order valence-corrected chi connectivity index (χ1v) is 3.23. The molecular formula is C7H8N3. The third-order valence-corrected chi connectivity index (χ3v) is 1.46. The Balaban J connectivity index is 2.41. The van der Waals surface area contributed by atoms with Crippen LogP contribution in [0.15, 0.2) is 24.3 Å². The van der Waals surface area contributed by atoms with Crippen LogP contribution in [-0.2, 0) is 0 Å². The topological polar surface area (TPSA) is 38.2 Å². The van der Waals surface area contributed by atoms with Crippen molar-refractivity contribution in [3.8, 4) is 0 Å². The Kier molecular flexibility index (Phi) is 1.22. The normalized spacial score (nSPS) is 14.8. The van der Waals surface area contributed by atoms with Crippen LogP contribution in [0, 0.1) is 0 Å². The van der Waals surface area contributed by atoms with E-state index in [2.05, 4.69) is 16.2 Å². The molecule has 1 aromatic rings. The van der Waals surface area contributed by atoms with Crippen molar-refractivity contribution in [1.29, 1.82) is 0 Å². The van der Waals surface area contributed by atoms with E-state index in [-0.39, 0.29) is 0 Å². The molecule has 2 rings (SSSR count). The maximum Gasteiger partial charge on any atom is 0.101 e. The van der Waals surface area contributed by atoms with E-state index in [9.17, 15) is 0 Å². The zero-order valence-corrected chi connectivity index (χ0v) is 5.46. The molecule has 0 bridgehead atoms. The van der Waals surface area contributed by atoms with Crippen LogP contribution >= 0.6 is 0 Å². The maximum atomic E-state index is 4.08. The zero-order chi connectivity index (χ0) is 6.81. The lowest BCUT2D eigenvalue weighted by atomic mass is 10.2. The van der Waals surface area contributed by atoms with Gasteiger partial charge in [0.25, 0.3) is 0 Å². The first-order chi connectivity index (χ1) is 4.97. The first kappa shape index (κ1) is 5.56. The number of para-hydroxylation sites is 2. The van der Waals surface area contributed by atoms with Gasteiger partial charge >= 0.3 is 0 Å². The third kappa shape index (κ3) is 0.804. The second-order valence-corrected chi connectivity index (χ2v) is 2.14. The highest BCUT2D eigenvalue weighted by atomic mass is 15.4. The number of nitrogens with one attached hydrogen (secondary N) is 2. The standard InChI is InChI=1S/C7H8N3/c1-2-4-7-6(3-1)8-5-9-10-7/h1-4,8-9H,5H2. The summed E-state index contributed by atoms with van der Waals surface area (Å²) < 4.78 is 0. The van der Waals surface area contributed by atoms with Crippen molar-refractivity contribution in [1.82, 2.24) is 10.9 Å². The van der Waals surface area contributed by atoms with E-state index in [0.717, 1.165) is 18.0 Å². The number of hydrogen-bond donors (Lipinski definition) is 2. The minimum absolute atomic E-state index is 0.719. The van der Waals surface area contributed by atoms with Gasteiger partial charge in [-0.1, -0.05) is 12.1 Å². The number of rotatable bonds is 0. The highest BCUT2D eigenvalue weighted by Crippen LogP contribution is 2.21. The minimum Gasteiger partial charge on any atom is -0.369 e. The molecule has 51 valence electrons. The highest BCUT2D eigenvalue weighted by molar-refractivity contribution is 5.65. The van der Waals surface area contributed by atoms with Gasteiger partial charge in [-0.3, -0.25) is 0 Å². The largest absolute Gasteiger partial charge is 0.369 e. The predicted octanol–water partition coefficient (Wildman–Crippen LogP) is 0.810. The molecule has 10 heavy (non-hydrogen) atoms. The van der Waals surface area contributed by atoms with Gasteiger partial charge in [0.15, 0.2) is 0 Å². The number of fused-ring (bicyclic) bond motifs is 1. The Morgan fingerprint density at radius 2 is 2.20 bits per heavy atom. The van der Waals surface area contributed by atoms with Crippen LogP contribution in [0.2, 0.25) is 0 Å². The number of nitrogens with zero attached hydrogens (tertiary/aromatic N) is 1. The predicted molar refractivity (Wildman–Crippen MR) is 39.9 cm³/mol. The first-order valence-electron chi connectivity index (χ1n) is 3.23. The molecule has 0 aromatic heterocycles. The average molecular weight is 134 g/mol. The molecule has 1 heterocycles. The molecule has 0 unspecified atom stereocenters. The lowest BCUT2D eigenvalue weighted by Crippen LogP contribution is -2.31. The molecule has 3 heteroatoms. The van der Waals surface area contributed by atoms with Gasteiger partial charge < -0.3 is 5.32 Å². The van der Waals surface area contributed by atoms with E-state index >= 15 is 0 Å². The average Bonchev–Trinajstić information content (AvgIpc) is 2.05. The van der Waals surface area contributed by atoms with E-state index in [4.69, 9.17) is 0 Å². The van der Waals surface area contributed by atoms with E-state index in [1.807, 2.05) is 24.3 Å². The molecule has 0 amide bonds. The van der Waals surface area contributed by atoms with Gasteiger partial charge in [-0.25, -0.2) is 0 Å². The summed E-state index contributed by atoms with van der Waals surface area (Å²) in [7, 11) is 0. The molecule has 0 aliphatic carbocycles. The second-order valence-electron chi connectivity index (χ2n) is 2.14. The fraction of sp³-hybridized carbons (Fsp3) is 0.143. The van der Waals surface area contributed by atoms with Crippen LogP contribution in [0.5, 0.6) is 0 Å². The number of benzene rings is 1. The Bertz CT molecular complexity index is 209. The summed E-state index contributed by atoms with van der Waals surface area (Å²) in [6, 6.07) is 7.94. The lowest BCUT2D eigenvalue weighted by molar-refractivity contribution is 0.639. The molecule has 1 aromatic carbocycles. The van der Waals surface area contributed by atoms with Crippen molar-refractivity contribution in [3.05, 3.63) is 24.3 Å². The molecule has 0 saturated heterocycles. The zero-order valence-electron chi connectivity index (χ0n) is 5.46. The number of anilines is 1. The molecule has 1 aliphatic rings. The third-order valence-electron chi connectivity index (χ3n) is 1.46. The van der Waals surface area contributed by atoms with Crippen LogP contribution < -0.4 is 16.2 Å². The van der Waals surface area contributed by atoms with Gasteiger partial charge in [-0.2, -0.15) is 10.9 Å². The lowest BCUT2D eigenvalue weighted by Gasteiger charge is -2.17. The molecule has 1 aliphatic heterocycles. The van der Waals surface area contributed by atoms with Crippen molar-refractivity contribution in [2.24, 2.45) is 0 Å². The molecule has 3 nitrogen and oxygen atoms in total. The minimum atomic E-state index is 0.719.